The number of nitrogens with zero attached hydrogens (tertiary/aromatic N) is 2. The van der Waals surface area contributed by atoms with Gasteiger partial charge in [-0.15, -0.1) is 0 Å². The van der Waals surface area contributed by atoms with Crippen LogP contribution in [-0.2, 0) is 16.0 Å². The average Bonchev–Trinajstić information content (AvgIpc) is 3.20. The van der Waals surface area contributed by atoms with Crippen LogP contribution in [0.15, 0.2) is 24.5 Å². The predicted octanol–water partition coefficient (Wildman–Crippen LogP) is 1.65. The van der Waals surface area contributed by atoms with E-state index in [0.717, 1.165) is 17.0 Å². The highest BCUT2D eigenvalue weighted by Crippen LogP contribution is 2.41. The normalized spacial score (nSPS) is 15.5. The first kappa shape index (κ1) is 19.5. The van der Waals surface area contributed by atoms with Gasteiger partial charge in [0.1, 0.15) is 6.04 Å². The number of carbonyl (C=O) groups is 2. The largest absolute Gasteiger partial charge is 0.493 e. The molecule has 1 aromatic carbocycles. The van der Waals surface area contributed by atoms with Gasteiger partial charge < -0.3 is 29.4 Å². The molecular formula is C19H24N4O5. The second kappa shape index (κ2) is 8.64. The van der Waals surface area contributed by atoms with Crippen LogP contribution in [0.25, 0.3) is 0 Å². The number of benzene rings is 1. The number of H-pyrrole nitrogens is 1. The zero-order valence-corrected chi connectivity index (χ0v) is 16.2. The van der Waals surface area contributed by atoms with Crippen LogP contribution in [0.4, 0.5) is 4.79 Å². The van der Waals surface area contributed by atoms with Crippen molar-refractivity contribution in [2.24, 2.45) is 0 Å². The number of rotatable bonds is 6. The van der Waals surface area contributed by atoms with Crippen LogP contribution >= 0.6 is 0 Å². The lowest BCUT2D eigenvalue weighted by Gasteiger charge is -2.36. The number of ether oxygens (including phenoxy) is 3. The van der Waals surface area contributed by atoms with Gasteiger partial charge in [0.25, 0.3) is 0 Å². The number of fused-ring (bicyclic) bond motifs is 1. The molecule has 1 atom stereocenters. The number of carbonyl (C=O) groups excluding carboxylic acids is 2. The van der Waals surface area contributed by atoms with Crippen molar-refractivity contribution in [1.82, 2.24) is 20.2 Å². The lowest BCUT2D eigenvalue weighted by Crippen LogP contribution is -2.46. The molecule has 0 bridgehead atoms. The summed E-state index contributed by atoms with van der Waals surface area (Å²) in [5, 5.41) is 2.78. The Balaban J connectivity index is 1.93. The molecule has 0 saturated heterocycles. The summed E-state index contributed by atoms with van der Waals surface area (Å²) in [6.07, 6.45) is 2.39. The first-order valence-electron chi connectivity index (χ1n) is 8.95. The highest BCUT2D eigenvalue weighted by Gasteiger charge is 2.36. The Bertz CT molecular complexity index is 851. The van der Waals surface area contributed by atoms with Gasteiger partial charge in [0.05, 0.1) is 39.8 Å². The number of esters is 1. The van der Waals surface area contributed by atoms with Gasteiger partial charge in [-0.25, -0.2) is 9.78 Å². The quantitative estimate of drug-likeness (QED) is 0.729. The highest BCUT2D eigenvalue weighted by atomic mass is 16.5. The summed E-state index contributed by atoms with van der Waals surface area (Å²) < 4.78 is 15.6. The average molecular weight is 388 g/mol. The fraction of sp³-hybridized carbons (Fsp3) is 0.421. The number of para-hydroxylation sites is 1. The minimum Gasteiger partial charge on any atom is -0.493 e. The Labute approximate surface area is 163 Å². The fourth-order valence-electron chi connectivity index (χ4n) is 3.41. The SMILES string of the molecule is COC(=O)CCNC(=O)N1CCc2[nH]cnc2[C@@H]1c1cccc(OC)c1OC. The van der Waals surface area contributed by atoms with Crippen LogP contribution in [0, 0.1) is 0 Å². The lowest BCUT2D eigenvalue weighted by atomic mass is 9.95. The Hall–Kier alpha value is -3.23. The van der Waals surface area contributed by atoms with E-state index < -0.39 is 6.04 Å². The third-order valence-electron chi connectivity index (χ3n) is 4.75. The van der Waals surface area contributed by atoms with Gasteiger partial charge in [0, 0.05) is 30.8 Å². The molecule has 9 nitrogen and oxygen atoms in total. The minimum absolute atomic E-state index is 0.108. The molecule has 0 saturated carbocycles. The Morgan fingerprint density at radius 2 is 2.11 bits per heavy atom. The fourth-order valence-corrected chi connectivity index (χ4v) is 3.41. The third kappa shape index (κ3) is 3.73. The molecule has 2 heterocycles. The number of hydrogen-bond donors (Lipinski definition) is 2. The second-order valence-corrected chi connectivity index (χ2v) is 6.25. The smallest absolute Gasteiger partial charge is 0.318 e. The maximum Gasteiger partial charge on any atom is 0.318 e. The van der Waals surface area contributed by atoms with Crippen LogP contribution in [0.3, 0.4) is 0 Å². The molecule has 1 aromatic heterocycles. The molecule has 2 aromatic rings. The van der Waals surface area contributed by atoms with E-state index in [0.29, 0.717) is 24.5 Å². The van der Waals surface area contributed by atoms with Gasteiger partial charge in [0.2, 0.25) is 0 Å². The summed E-state index contributed by atoms with van der Waals surface area (Å²) in [7, 11) is 4.45. The van der Waals surface area contributed by atoms with E-state index in [-0.39, 0.29) is 25.0 Å². The van der Waals surface area contributed by atoms with E-state index in [4.69, 9.17) is 9.47 Å². The van der Waals surface area contributed by atoms with E-state index >= 15 is 0 Å². The van der Waals surface area contributed by atoms with Gasteiger partial charge >= 0.3 is 12.0 Å². The summed E-state index contributed by atoms with van der Waals surface area (Å²) in [5.41, 5.74) is 2.52. The van der Waals surface area contributed by atoms with Gasteiger partial charge in [-0.3, -0.25) is 4.79 Å². The second-order valence-electron chi connectivity index (χ2n) is 6.25. The minimum atomic E-state index is -0.446. The monoisotopic (exact) mass is 388 g/mol. The van der Waals surface area contributed by atoms with Crippen molar-refractivity contribution in [2.75, 3.05) is 34.4 Å². The van der Waals surface area contributed by atoms with Crippen molar-refractivity contribution in [2.45, 2.75) is 18.9 Å². The molecule has 28 heavy (non-hydrogen) atoms. The number of urea groups is 1. The topological polar surface area (TPSA) is 106 Å². The maximum absolute atomic E-state index is 12.9. The zero-order valence-electron chi connectivity index (χ0n) is 16.2. The van der Waals surface area contributed by atoms with E-state index in [1.807, 2.05) is 12.1 Å². The molecule has 9 heteroatoms. The first-order chi connectivity index (χ1) is 13.6. The third-order valence-corrected chi connectivity index (χ3v) is 4.75. The van der Waals surface area contributed by atoms with Gasteiger partial charge in [-0.2, -0.15) is 0 Å². The number of imidazole rings is 1. The number of aromatic amines is 1. The predicted molar refractivity (Wildman–Crippen MR) is 100 cm³/mol. The number of aromatic nitrogens is 2. The number of hydrogen-bond acceptors (Lipinski definition) is 6. The van der Waals surface area contributed by atoms with Crippen LogP contribution in [0.2, 0.25) is 0 Å². The molecule has 3 rings (SSSR count). The molecule has 0 radical (unpaired) electrons. The van der Waals surface area contributed by atoms with Crippen LogP contribution in [-0.4, -0.2) is 61.3 Å². The number of amides is 2. The van der Waals surface area contributed by atoms with E-state index in [9.17, 15) is 9.59 Å². The van der Waals surface area contributed by atoms with Crippen LogP contribution < -0.4 is 14.8 Å². The number of nitrogens with one attached hydrogen (secondary N) is 2. The standard InChI is InChI=1S/C19H24N4O5/c1-26-14-6-4-5-12(18(14)28-3)17-16-13(21-11-22-16)8-10-23(17)19(25)20-9-7-15(24)27-2/h4-6,11,17H,7-10H2,1-3H3,(H,20,25)(H,21,22)/t17-/m0/s1. The first-order valence-corrected chi connectivity index (χ1v) is 8.95. The Kier molecular flexibility index (Phi) is 6.03. The molecular weight excluding hydrogens is 364 g/mol. The molecule has 2 amide bonds. The van der Waals surface area contributed by atoms with Crippen LogP contribution in [0.1, 0.15) is 29.4 Å². The van der Waals surface area contributed by atoms with Crippen molar-refractivity contribution in [3.8, 4) is 11.5 Å². The van der Waals surface area contributed by atoms with Crippen LogP contribution in [0.5, 0.6) is 11.5 Å². The molecule has 0 spiro atoms. The molecule has 1 aliphatic heterocycles. The van der Waals surface area contributed by atoms with Crippen molar-refractivity contribution in [1.29, 1.82) is 0 Å². The molecule has 2 N–H and O–H groups in total. The van der Waals surface area contributed by atoms with Gasteiger partial charge in [-0.1, -0.05) is 12.1 Å². The lowest BCUT2D eigenvalue weighted by molar-refractivity contribution is -0.140. The summed E-state index contributed by atoms with van der Waals surface area (Å²) in [6.45, 7) is 0.682. The summed E-state index contributed by atoms with van der Waals surface area (Å²) in [4.78, 5) is 33.5. The van der Waals surface area contributed by atoms with E-state index in [2.05, 4.69) is 20.0 Å². The molecule has 0 aliphatic carbocycles. The van der Waals surface area contributed by atoms with E-state index in [1.165, 1.54) is 7.11 Å². The van der Waals surface area contributed by atoms with Crippen molar-refractivity contribution in [3.63, 3.8) is 0 Å². The zero-order chi connectivity index (χ0) is 20.1. The summed E-state index contributed by atoms with van der Waals surface area (Å²) in [6, 6.07) is 4.82. The maximum atomic E-state index is 12.9. The molecule has 1 aliphatic rings. The van der Waals surface area contributed by atoms with Crippen molar-refractivity contribution in [3.05, 3.63) is 41.5 Å². The Morgan fingerprint density at radius 1 is 1.29 bits per heavy atom. The van der Waals surface area contributed by atoms with Gasteiger partial charge in [0.15, 0.2) is 11.5 Å². The number of methoxy groups -OCH3 is 3. The van der Waals surface area contributed by atoms with E-state index in [1.54, 1.807) is 31.5 Å². The van der Waals surface area contributed by atoms with Crippen molar-refractivity contribution < 1.29 is 23.8 Å². The summed E-state index contributed by atoms with van der Waals surface area (Å²) in [5.74, 6) is 0.756. The van der Waals surface area contributed by atoms with Crippen molar-refractivity contribution >= 4 is 12.0 Å². The Morgan fingerprint density at radius 3 is 2.82 bits per heavy atom. The highest BCUT2D eigenvalue weighted by molar-refractivity contribution is 5.77. The van der Waals surface area contributed by atoms with Gasteiger partial charge in [-0.05, 0) is 6.07 Å². The summed E-state index contributed by atoms with van der Waals surface area (Å²) >= 11 is 0. The molecule has 150 valence electrons. The molecule has 0 unspecified atom stereocenters. The molecule has 0 fully saturated rings.